The number of amides is 2. The van der Waals surface area contributed by atoms with Gasteiger partial charge >= 0.3 is 5.69 Å². The van der Waals surface area contributed by atoms with Crippen LogP contribution in [0.15, 0.2) is 59.7 Å². The fourth-order valence-corrected chi connectivity index (χ4v) is 5.59. The van der Waals surface area contributed by atoms with Crippen molar-refractivity contribution in [2.75, 3.05) is 30.4 Å². The molecule has 0 radical (unpaired) electrons. The van der Waals surface area contributed by atoms with Crippen molar-refractivity contribution in [3.8, 4) is 11.1 Å². The number of aromatic amines is 2. The number of nitrogens with two attached hydrogens (primary N) is 2. The molecule has 4 aromatic rings. The Morgan fingerprint density at radius 1 is 0.976 bits per heavy atom. The molecular weight excluding hydrogens is 556 g/mol. The van der Waals surface area contributed by atoms with E-state index < -0.39 is 11.9 Å². The number of rotatable bonds is 9. The number of H-pyrrole nitrogens is 2. The maximum absolute atomic E-state index is 14.1. The molecule has 1 aliphatic carbocycles. The third kappa shape index (κ3) is 6.63. The van der Waals surface area contributed by atoms with Gasteiger partial charge in [-0.1, -0.05) is 24.3 Å². The maximum atomic E-state index is 14.1. The fraction of sp³-hybridized carbons (Fsp3) is 0.367. The van der Waals surface area contributed by atoms with Crippen molar-refractivity contribution in [3.63, 3.8) is 0 Å². The Bertz CT molecular complexity index is 1590. The first kappa shape index (κ1) is 30.7. The van der Waals surface area contributed by atoms with Crippen LogP contribution in [0.1, 0.15) is 31.2 Å². The van der Waals surface area contributed by atoms with E-state index in [1.807, 2.05) is 43.3 Å². The fourth-order valence-electron chi connectivity index (χ4n) is 5.59. The van der Waals surface area contributed by atoms with Crippen LogP contribution in [0.5, 0.6) is 0 Å². The van der Waals surface area contributed by atoms with E-state index in [9.17, 15) is 14.4 Å². The second-order valence-corrected chi connectivity index (χ2v) is 11.0. The molecule has 2 aromatic carbocycles. The number of halogens is 1. The molecule has 222 valence electrons. The van der Waals surface area contributed by atoms with Crippen molar-refractivity contribution < 1.29 is 9.59 Å². The number of carbonyl (C=O) groups excluding carboxylic acids is 2. The van der Waals surface area contributed by atoms with E-state index in [0.717, 1.165) is 29.5 Å². The van der Waals surface area contributed by atoms with Crippen LogP contribution in [0.4, 0.5) is 11.6 Å². The third-order valence-electron chi connectivity index (χ3n) is 7.91. The lowest BCUT2D eigenvalue weighted by Gasteiger charge is -2.35. The van der Waals surface area contributed by atoms with Gasteiger partial charge in [0, 0.05) is 50.1 Å². The number of aromatic nitrogens is 4. The van der Waals surface area contributed by atoms with Crippen LogP contribution >= 0.6 is 12.4 Å². The van der Waals surface area contributed by atoms with Gasteiger partial charge in [-0.15, -0.1) is 12.4 Å². The topological polar surface area (TPSA) is 167 Å². The van der Waals surface area contributed by atoms with Gasteiger partial charge < -0.3 is 26.3 Å². The van der Waals surface area contributed by atoms with E-state index in [2.05, 4.69) is 19.9 Å². The molecule has 6 N–H and O–H groups in total. The lowest BCUT2D eigenvalue weighted by molar-refractivity contribution is -0.127. The zero-order valence-corrected chi connectivity index (χ0v) is 24.6. The van der Waals surface area contributed by atoms with Gasteiger partial charge in [-0.2, -0.15) is 0 Å². The van der Waals surface area contributed by atoms with Crippen molar-refractivity contribution in [1.82, 2.24) is 19.9 Å². The predicted molar refractivity (Wildman–Crippen MR) is 167 cm³/mol. The summed E-state index contributed by atoms with van der Waals surface area (Å²) in [6.45, 7) is 0.602. The standard InChI is InChI=1S/C30H36N8O3.ClH/c1-37(2)29-33-16-22(17-34-29)21-5-3-4-19(12-21)13-26(27(32)39)38(28(40)20-8-6-18(15-31)7-9-20)23-10-11-24-25(14-23)36-30(41)35-24;/h3-5,10-12,14,16-18,20,26H,6-9,13,15,31H2,1-2H3,(H2,32,39)(H2,35,36,41);1H/t18-,20-,26-;/m0./s1. The van der Waals surface area contributed by atoms with Gasteiger partial charge in [0.05, 0.1) is 11.0 Å². The molecule has 0 aliphatic heterocycles. The summed E-state index contributed by atoms with van der Waals surface area (Å²) in [5.74, 6) is -0.00122. The average Bonchev–Trinajstić information content (AvgIpc) is 3.36. The zero-order valence-electron chi connectivity index (χ0n) is 23.7. The molecule has 0 spiro atoms. The molecular formula is C30H37ClN8O3. The monoisotopic (exact) mass is 592 g/mol. The number of carbonyl (C=O) groups is 2. The summed E-state index contributed by atoms with van der Waals surface area (Å²) in [6.07, 6.45) is 6.85. The Labute approximate surface area is 250 Å². The Hall–Kier alpha value is -4.22. The molecule has 42 heavy (non-hydrogen) atoms. The minimum absolute atomic E-state index is 0. The van der Waals surface area contributed by atoms with Crippen LogP contribution < -0.4 is 27.0 Å². The van der Waals surface area contributed by atoms with Gasteiger partial charge in [-0.3, -0.25) is 14.5 Å². The number of primary amides is 1. The zero-order chi connectivity index (χ0) is 29.1. The summed E-state index contributed by atoms with van der Waals surface area (Å²) in [5.41, 5.74) is 15.8. The van der Waals surface area contributed by atoms with E-state index >= 15 is 0 Å². The summed E-state index contributed by atoms with van der Waals surface area (Å²) in [4.78, 5) is 56.7. The molecule has 2 heterocycles. The van der Waals surface area contributed by atoms with Crippen molar-refractivity contribution in [3.05, 3.63) is 70.9 Å². The van der Waals surface area contributed by atoms with Crippen LogP contribution in [0.25, 0.3) is 22.2 Å². The van der Waals surface area contributed by atoms with Crippen LogP contribution in [0.3, 0.4) is 0 Å². The smallest absolute Gasteiger partial charge is 0.323 e. The van der Waals surface area contributed by atoms with E-state index in [4.69, 9.17) is 11.5 Å². The van der Waals surface area contributed by atoms with Crippen molar-refractivity contribution in [1.29, 1.82) is 0 Å². The first-order valence-corrected chi connectivity index (χ1v) is 13.9. The normalized spacial score (nSPS) is 17.3. The quantitative estimate of drug-likeness (QED) is 0.232. The van der Waals surface area contributed by atoms with Gasteiger partial charge in [0.25, 0.3) is 0 Å². The van der Waals surface area contributed by atoms with Gasteiger partial charge in [-0.25, -0.2) is 14.8 Å². The number of imidazole rings is 1. The van der Waals surface area contributed by atoms with Gasteiger partial charge in [0.15, 0.2) is 0 Å². The Morgan fingerprint density at radius 2 is 1.67 bits per heavy atom. The first-order valence-electron chi connectivity index (χ1n) is 13.9. The van der Waals surface area contributed by atoms with Crippen LogP contribution in [0, 0.1) is 11.8 Å². The van der Waals surface area contributed by atoms with E-state index in [1.54, 1.807) is 30.6 Å². The highest BCUT2D eigenvalue weighted by Crippen LogP contribution is 2.33. The molecule has 1 atom stereocenters. The van der Waals surface area contributed by atoms with E-state index in [1.165, 1.54) is 4.90 Å². The lowest BCUT2D eigenvalue weighted by atomic mass is 9.81. The van der Waals surface area contributed by atoms with Gasteiger partial charge in [0.1, 0.15) is 6.04 Å². The summed E-state index contributed by atoms with van der Waals surface area (Å²) < 4.78 is 0. The summed E-state index contributed by atoms with van der Waals surface area (Å²) in [7, 11) is 3.75. The summed E-state index contributed by atoms with van der Waals surface area (Å²) in [6, 6.07) is 12.0. The van der Waals surface area contributed by atoms with Crippen LogP contribution in [0.2, 0.25) is 0 Å². The highest BCUT2D eigenvalue weighted by Gasteiger charge is 2.36. The number of nitrogens with zero attached hydrogens (tertiary/aromatic N) is 4. The number of fused-ring (bicyclic) bond motifs is 1. The number of anilines is 2. The first-order chi connectivity index (χ1) is 19.7. The van der Waals surface area contributed by atoms with E-state index in [0.29, 0.717) is 48.0 Å². The molecule has 0 unspecified atom stereocenters. The van der Waals surface area contributed by atoms with Crippen molar-refractivity contribution in [2.45, 2.75) is 38.1 Å². The van der Waals surface area contributed by atoms with Gasteiger partial charge in [-0.05, 0) is 67.5 Å². The molecule has 0 bridgehead atoms. The second-order valence-electron chi connectivity index (χ2n) is 11.0. The molecule has 11 nitrogen and oxygen atoms in total. The number of benzene rings is 2. The largest absolute Gasteiger partial charge is 0.368 e. The highest BCUT2D eigenvalue weighted by atomic mass is 35.5. The lowest BCUT2D eigenvalue weighted by Crippen LogP contribution is -2.52. The molecule has 1 saturated carbocycles. The molecule has 2 aromatic heterocycles. The molecule has 0 saturated heterocycles. The predicted octanol–water partition coefficient (Wildman–Crippen LogP) is 3.00. The third-order valence-corrected chi connectivity index (χ3v) is 7.91. The molecule has 5 rings (SSSR count). The Morgan fingerprint density at radius 3 is 2.31 bits per heavy atom. The number of nitrogens with one attached hydrogen (secondary N) is 2. The number of hydrogen-bond donors (Lipinski definition) is 4. The molecule has 1 fully saturated rings. The molecule has 2 amide bonds. The molecule has 1 aliphatic rings. The molecule has 12 heteroatoms. The average molecular weight is 593 g/mol. The van der Waals surface area contributed by atoms with Gasteiger partial charge in [0.2, 0.25) is 17.8 Å². The van der Waals surface area contributed by atoms with Crippen LogP contribution in [-0.4, -0.2) is 58.4 Å². The minimum atomic E-state index is -0.944. The summed E-state index contributed by atoms with van der Waals surface area (Å²) >= 11 is 0. The second kappa shape index (κ2) is 13.2. The summed E-state index contributed by atoms with van der Waals surface area (Å²) in [5, 5.41) is 0. The highest BCUT2D eigenvalue weighted by molar-refractivity contribution is 6.02. The Balaban J connectivity index is 0.00000405. The van der Waals surface area contributed by atoms with Crippen molar-refractivity contribution in [2.24, 2.45) is 23.3 Å². The maximum Gasteiger partial charge on any atom is 0.323 e. The van der Waals surface area contributed by atoms with Crippen molar-refractivity contribution >= 4 is 46.9 Å². The van der Waals surface area contributed by atoms with Crippen LogP contribution in [-0.2, 0) is 16.0 Å². The van der Waals surface area contributed by atoms with E-state index in [-0.39, 0.29) is 36.3 Å². The SMILES string of the molecule is CN(C)c1ncc(-c2cccc(C[C@@H](C(N)=O)N(c3ccc4[nH]c(=O)[nH]c4c3)C(=O)[C@H]3CC[C@H](CN)CC3)c2)cn1.Cl. The number of hydrogen-bond acceptors (Lipinski definition) is 7. The minimum Gasteiger partial charge on any atom is -0.368 e. The Kier molecular flexibility index (Phi) is 9.64.